The van der Waals surface area contributed by atoms with Crippen LogP contribution in [-0.4, -0.2) is 31.6 Å². The molecule has 1 rings (SSSR count). The Bertz CT molecular complexity index is 328. The van der Waals surface area contributed by atoms with Crippen molar-refractivity contribution in [1.29, 1.82) is 0 Å². The molecule has 0 saturated heterocycles. The van der Waals surface area contributed by atoms with Gasteiger partial charge in [-0.15, -0.1) is 0 Å². The van der Waals surface area contributed by atoms with Gasteiger partial charge in [-0.05, 0) is 51.2 Å². The van der Waals surface area contributed by atoms with Crippen LogP contribution in [0.25, 0.3) is 0 Å². The molecule has 0 radical (unpaired) electrons. The number of rotatable bonds is 9. The highest BCUT2D eigenvalue weighted by molar-refractivity contribution is 9.10. The standard InChI is InChI=1S/C15H25BrN2/c1-3-17-11-7-4-8-12-18(2)13-14-9-5-6-10-15(14)16/h5-6,9-10,17H,3-4,7-8,11-13H2,1-2H3. The molecule has 0 atom stereocenters. The Morgan fingerprint density at radius 3 is 2.67 bits per heavy atom. The van der Waals surface area contributed by atoms with Crippen LogP contribution in [0.2, 0.25) is 0 Å². The lowest BCUT2D eigenvalue weighted by Crippen LogP contribution is -2.20. The van der Waals surface area contributed by atoms with Crippen molar-refractivity contribution in [1.82, 2.24) is 10.2 Å². The molecule has 2 nitrogen and oxygen atoms in total. The van der Waals surface area contributed by atoms with Crippen molar-refractivity contribution in [3.8, 4) is 0 Å². The molecule has 102 valence electrons. The smallest absolute Gasteiger partial charge is 0.0241 e. The Morgan fingerprint density at radius 1 is 1.17 bits per heavy atom. The lowest BCUT2D eigenvalue weighted by atomic mass is 10.2. The molecule has 3 heteroatoms. The maximum atomic E-state index is 3.60. The number of nitrogens with zero attached hydrogens (tertiary/aromatic N) is 1. The number of hydrogen-bond donors (Lipinski definition) is 1. The van der Waals surface area contributed by atoms with Crippen molar-refractivity contribution in [2.24, 2.45) is 0 Å². The van der Waals surface area contributed by atoms with E-state index in [0.717, 1.165) is 19.6 Å². The second-order valence-corrected chi connectivity index (χ2v) is 5.60. The lowest BCUT2D eigenvalue weighted by Gasteiger charge is -2.17. The van der Waals surface area contributed by atoms with E-state index in [-0.39, 0.29) is 0 Å². The fraction of sp³-hybridized carbons (Fsp3) is 0.600. The van der Waals surface area contributed by atoms with Crippen molar-refractivity contribution in [3.63, 3.8) is 0 Å². The molecule has 0 saturated carbocycles. The van der Waals surface area contributed by atoms with E-state index < -0.39 is 0 Å². The summed E-state index contributed by atoms with van der Waals surface area (Å²) < 4.78 is 1.21. The summed E-state index contributed by atoms with van der Waals surface area (Å²) in [5.74, 6) is 0. The van der Waals surface area contributed by atoms with Gasteiger partial charge in [0.2, 0.25) is 0 Å². The van der Waals surface area contributed by atoms with Gasteiger partial charge in [0.25, 0.3) is 0 Å². The highest BCUT2D eigenvalue weighted by Gasteiger charge is 2.03. The van der Waals surface area contributed by atoms with E-state index in [9.17, 15) is 0 Å². The molecule has 1 aromatic carbocycles. The Labute approximate surface area is 120 Å². The second kappa shape index (κ2) is 9.54. The van der Waals surface area contributed by atoms with Crippen LogP contribution < -0.4 is 5.32 Å². The molecule has 0 amide bonds. The van der Waals surface area contributed by atoms with Crippen molar-refractivity contribution in [3.05, 3.63) is 34.3 Å². The number of hydrogen-bond acceptors (Lipinski definition) is 2. The Kier molecular flexibility index (Phi) is 8.31. The molecule has 18 heavy (non-hydrogen) atoms. The molecule has 0 aliphatic carbocycles. The van der Waals surface area contributed by atoms with Crippen molar-refractivity contribution < 1.29 is 0 Å². The third-order valence-electron chi connectivity index (χ3n) is 3.04. The predicted octanol–water partition coefficient (Wildman–Crippen LogP) is 3.66. The van der Waals surface area contributed by atoms with Crippen LogP contribution >= 0.6 is 15.9 Å². The van der Waals surface area contributed by atoms with Gasteiger partial charge in [-0.1, -0.05) is 47.5 Å². The van der Waals surface area contributed by atoms with Gasteiger partial charge < -0.3 is 10.2 Å². The minimum atomic E-state index is 1.02. The summed E-state index contributed by atoms with van der Waals surface area (Å²) in [5.41, 5.74) is 1.37. The van der Waals surface area contributed by atoms with Crippen LogP contribution in [0.4, 0.5) is 0 Å². The van der Waals surface area contributed by atoms with Crippen molar-refractivity contribution >= 4 is 15.9 Å². The van der Waals surface area contributed by atoms with Gasteiger partial charge in [-0.3, -0.25) is 0 Å². The molecule has 1 aromatic rings. The molecule has 0 unspecified atom stereocenters. The molecule has 0 fully saturated rings. The topological polar surface area (TPSA) is 15.3 Å². The van der Waals surface area contributed by atoms with Crippen LogP contribution in [0.1, 0.15) is 31.7 Å². The average molecular weight is 313 g/mol. The summed E-state index contributed by atoms with van der Waals surface area (Å²) >= 11 is 3.60. The van der Waals surface area contributed by atoms with Gasteiger partial charge in [-0.2, -0.15) is 0 Å². The highest BCUT2D eigenvalue weighted by atomic mass is 79.9. The van der Waals surface area contributed by atoms with E-state index >= 15 is 0 Å². The van der Waals surface area contributed by atoms with Crippen LogP contribution in [-0.2, 0) is 6.54 Å². The summed E-state index contributed by atoms with van der Waals surface area (Å²) in [5, 5.41) is 3.36. The minimum Gasteiger partial charge on any atom is -0.317 e. The molecule has 0 aliphatic rings. The lowest BCUT2D eigenvalue weighted by molar-refractivity contribution is 0.316. The third kappa shape index (κ3) is 6.53. The first-order valence-electron chi connectivity index (χ1n) is 6.86. The van der Waals surface area contributed by atoms with E-state index in [4.69, 9.17) is 0 Å². The van der Waals surface area contributed by atoms with Gasteiger partial charge in [0.05, 0.1) is 0 Å². The maximum Gasteiger partial charge on any atom is 0.0241 e. The van der Waals surface area contributed by atoms with Crippen molar-refractivity contribution in [2.75, 3.05) is 26.7 Å². The first kappa shape index (κ1) is 15.7. The minimum absolute atomic E-state index is 1.02. The first-order valence-corrected chi connectivity index (χ1v) is 7.66. The monoisotopic (exact) mass is 312 g/mol. The normalized spacial score (nSPS) is 11.1. The number of nitrogens with one attached hydrogen (secondary N) is 1. The summed E-state index contributed by atoms with van der Waals surface area (Å²) in [6, 6.07) is 8.46. The maximum absolute atomic E-state index is 3.60. The largest absolute Gasteiger partial charge is 0.317 e. The Morgan fingerprint density at radius 2 is 1.94 bits per heavy atom. The van der Waals surface area contributed by atoms with E-state index in [2.05, 4.69) is 64.4 Å². The van der Waals surface area contributed by atoms with Crippen molar-refractivity contribution in [2.45, 2.75) is 32.7 Å². The van der Waals surface area contributed by atoms with Gasteiger partial charge in [0.1, 0.15) is 0 Å². The predicted molar refractivity (Wildman–Crippen MR) is 82.9 cm³/mol. The molecule has 1 N–H and O–H groups in total. The highest BCUT2D eigenvalue weighted by Crippen LogP contribution is 2.17. The van der Waals surface area contributed by atoms with Crippen LogP contribution in [0.3, 0.4) is 0 Å². The first-order chi connectivity index (χ1) is 8.74. The fourth-order valence-electron chi connectivity index (χ4n) is 1.98. The van der Waals surface area contributed by atoms with Gasteiger partial charge in [-0.25, -0.2) is 0 Å². The second-order valence-electron chi connectivity index (χ2n) is 4.74. The molecular weight excluding hydrogens is 288 g/mol. The molecular formula is C15H25BrN2. The summed E-state index contributed by atoms with van der Waals surface area (Å²) in [6.45, 7) is 6.60. The average Bonchev–Trinajstić information content (AvgIpc) is 2.36. The Balaban J connectivity index is 2.14. The molecule has 0 aliphatic heterocycles. The third-order valence-corrected chi connectivity index (χ3v) is 3.82. The molecule has 0 heterocycles. The van der Waals surface area contributed by atoms with E-state index in [1.807, 2.05) is 0 Å². The van der Waals surface area contributed by atoms with Crippen LogP contribution in [0, 0.1) is 0 Å². The summed E-state index contributed by atoms with van der Waals surface area (Å²) in [6.07, 6.45) is 3.89. The van der Waals surface area contributed by atoms with Gasteiger partial charge in [0, 0.05) is 11.0 Å². The number of unbranched alkanes of at least 4 members (excludes halogenated alkanes) is 2. The summed E-state index contributed by atoms with van der Waals surface area (Å²) in [4.78, 5) is 2.40. The van der Waals surface area contributed by atoms with Crippen LogP contribution in [0.15, 0.2) is 28.7 Å². The van der Waals surface area contributed by atoms with E-state index in [1.54, 1.807) is 0 Å². The SMILES string of the molecule is CCNCCCCCN(C)Cc1ccccc1Br. The zero-order valence-corrected chi connectivity index (χ0v) is 13.2. The Hall–Kier alpha value is -0.380. The van der Waals surface area contributed by atoms with Gasteiger partial charge in [0.15, 0.2) is 0 Å². The van der Waals surface area contributed by atoms with E-state index in [1.165, 1.54) is 35.8 Å². The summed E-state index contributed by atoms with van der Waals surface area (Å²) in [7, 11) is 2.20. The number of halogens is 1. The zero-order chi connectivity index (χ0) is 13.2. The van der Waals surface area contributed by atoms with Crippen LogP contribution in [0.5, 0.6) is 0 Å². The van der Waals surface area contributed by atoms with E-state index in [0.29, 0.717) is 0 Å². The molecule has 0 bridgehead atoms. The molecule has 0 spiro atoms. The van der Waals surface area contributed by atoms with Gasteiger partial charge >= 0.3 is 0 Å². The fourth-order valence-corrected chi connectivity index (χ4v) is 2.39. The zero-order valence-electron chi connectivity index (χ0n) is 11.6. The number of benzene rings is 1. The quantitative estimate of drug-likeness (QED) is 0.700. The molecule has 0 aromatic heterocycles.